The molecule has 0 fully saturated rings. The molecule has 3 heteroatoms. The van der Waals surface area contributed by atoms with Crippen LogP contribution in [0.2, 0.25) is 0 Å². The molecule has 0 N–H and O–H groups in total. The number of hydrogen-bond donors (Lipinski definition) is 0. The van der Waals surface area contributed by atoms with E-state index in [1.807, 2.05) is 19.1 Å². The van der Waals surface area contributed by atoms with Gasteiger partial charge in [0.2, 0.25) is 0 Å². The van der Waals surface area contributed by atoms with Crippen LogP contribution in [-0.4, -0.2) is 6.04 Å². The summed E-state index contributed by atoms with van der Waals surface area (Å²) in [6.07, 6.45) is 21.0. The van der Waals surface area contributed by atoms with Gasteiger partial charge in [0.15, 0.2) is 0 Å². The van der Waals surface area contributed by atoms with Crippen LogP contribution in [0.15, 0.2) is 243 Å². The molecule has 0 bridgehead atoms. The van der Waals surface area contributed by atoms with E-state index in [2.05, 4.69) is 254 Å². The highest BCUT2D eigenvalue weighted by atomic mass is 15.2. The van der Waals surface area contributed by atoms with Gasteiger partial charge in [-0.2, -0.15) is 0 Å². The minimum Gasteiger partial charge on any atom is -0.335 e. The Labute approximate surface area is 382 Å². The Morgan fingerprint density at radius 1 is 0.562 bits per heavy atom. The van der Waals surface area contributed by atoms with Crippen molar-refractivity contribution in [3.63, 3.8) is 0 Å². The highest BCUT2D eigenvalue weighted by Gasteiger charge is 2.21. The van der Waals surface area contributed by atoms with Gasteiger partial charge in [0.1, 0.15) is 0 Å². The first-order valence-corrected chi connectivity index (χ1v) is 22.7. The molecule has 64 heavy (non-hydrogen) atoms. The molecule has 0 saturated heterocycles. The molecule has 2 unspecified atom stereocenters. The zero-order valence-corrected chi connectivity index (χ0v) is 37.5. The van der Waals surface area contributed by atoms with Gasteiger partial charge in [-0.15, -0.1) is 0 Å². The Kier molecular flexibility index (Phi) is 14.3. The largest absolute Gasteiger partial charge is 0.335 e. The summed E-state index contributed by atoms with van der Waals surface area (Å²) in [5, 5.41) is 0. The molecule has 0 aromatic heterocycles. The van der Waals surface area contributed by atoms with Crippen LogP contribution in [0.3, 0.4) is 0 Å². The lowest BCUT2D eigenvalue weighted by Gasteiger charge is -2.33. The second-order valence-corrected chi connectivity index (χ2v) is 16.7. The smallest absolute Gasteiger partial charge is 0.0559 e. The monoisotopic (exact) mass is 833 g/mol. The van der Waals surface area contributed by atoms with Gasteiger partial charge in [0.05, 0.1) is 6.04 Å². The third-order valence-corrected chi connectivity index (χ3v) is 12.0. The number of nitrogens with zero attached hydrogens (tertiary/aromatic N) is 3. The molecule has 0 saturated carbocycles. The van der Waals surface area contributed by atoms with E-state index in [9.17, 15) is 0 Å². The summed E-state index contributed by atoms with van der Waals surface area (Å²) in [7, 11) is 0. The highest BCUT2D eigenvalue weighted by molar-refractivity contribution is 5.82. The Morgan fingerprint density at radius 3 is 1.70 bits per heavy atom. The van der Waals surface area contributed by atoms with Crippen molar-refractivity contribution >= 4 is 39.8 Å². The Hall–Kier alpha value is -7.36. The summed E-state index contributed by atoms with van der Waals surface area (Å²) in [6.45, 7) is 10.9. The molecule has 1 aliphatic carbocycles. The van der Waals surface area contributed by atoms with E-state index in [0.29, 0.717) is 5.92 Å². The molecule has 7 aromatic carbocycles. The van der Waals surface area contributed by atoms with Crippen molar-refractivity contribution in [2.24, 2.45) is 0 Å². The third kappa shape index (κ3) is 10.8. The molecule has 0 spiro atoms. The second-order valence-electron chi connectivity index (χ2n) is 16.7. The molecule has 3 nitrogen and oxygen atoms in total. The molecule has 2 atom stereocenters. The minimum absolute atomic E-state index is 0.173. The summed E-state index contributed by atoms with van der Waals surface area (Å²) >= 11 is 0. The van der Waals surface area contributed by atoms with Crippen molar-refractivity contribution in [3.05, 3.63) is 271 Å². The van der Waals surface area contributed by atoms with E-state index in [4.69, 9.17) is 0 Å². The lowest BCUT2D eigenvalue weighted by Crippen LogP contribution is -2.32. The van der Waals surface area contributed by atoms with Crippen LogP contribution in [-0.2, 0) is 12.8 Å². The summed E-state index contributed by atoms with van der Waals surface area (Å²) in [6, 6.07) is 66.7. The summed E-state index contributed by atoms with van der Waals surface area (Å²) in [4.78, 5) is 7.04. The lowest BCUT2D eigenvalue weighted by molar-refractivity contribution is 0.621. The number of anilines is 7. The van der Waals surface area contributed by atoms with Crippen molar-refractivity contribution in [2.45, 2.75) is 58.4 Å². The van der Waals surface area contributed by atoms with Crippen molar-refractivity contribution in [2.75, 3.05) is 14.7 Å². The fourth-order valence-corrected chi connectivity index (χ4v) is 8.82. The highest BCUT2D eigenvalue weighted by Crippen LogP contribution is 2.40. The summed E-state index contributed by atoms with van der Waals surface area (Å²) < 4.78 is 0. The predicted molar refractivity (Wildman–Crippen MR) is 275 cm³/mol. The van der Waals surface area contributed by atoms with Gasteiger partial charge in [0, 0.05) is 45.5 Å². The maximum absolute atomic E-state index is 4.51. The molecular formula is C61H59N3. The number of allylic oxidation sites excluding steroid dienone is 6. The third-order valence-electron chi connectivity index (χ3n) is 12.0. The van der Waals surface area contributed by atoms with Gasteiger partial charge in [-0.05, 0) is 166 Å². The first-order chi connectivity index (χ1) is 31.4. The normalized spacial score (nSPS) is 13.9. The molecule has 0 amide bonds. The molecule has 0 radical (unpaired) electrons. The Balaban J connectivity index is 1.14. The molecule has 7 aromatic rings. The number of aryl methyl sites for hydroxylation is 3. The van der Waals surface area contributed by atoms with E-state index < -0.39 is 0 Å². The van der Waals surface area contributed by atoms with Gasteiger partial charge in [0.25, 0.3) is 0 Å². The SMILES string of the molecule is C=C(/C=C\C=C\C)N(c1ccc(N(c2ccc(CC(CCc3cccc(C)c3)c3ccccc3)cc2)c2ccc(N(c3ccccc3)c3cccc(C)c3)cc2)cc1)C1C=CC=CC1. The Morgan fingerprint density at radius 2 is 1.11 bits per heavy atom. The van der Waals surface area contributed by atoms with Crippen molar-refractivity contribution in [1.82, 2.24) is 0 Å². The van der Waals surface area contributed by atoms with Crippen LogP contribution in [0, 0.1) is 13.8 Å². The number of para-hydroxylation sites is 1. The maximum Gasteiger partial charge on any atom is 0.0559 e. The molecule has 0 aliphatic heterocycles. The first-order valence-electron chi connectivity index (χ1n) is 22.7. The molecule has 8 rings (SSSR count). The minimum atomic E-state index is 0.173. The fourth-order valence-electron chi connectivity index (χ4n) is 8.82. The van der Waals surface area contributed by atoms with Crippen molar-refractivity contribution in [3.8, 4) is 0 Å². The quantitative estimate of drug-likeness (QED) is 0.0846. The summed E-state index contributed by atoms with van der Waals surface area (Å²) in [5.74, 6) is 0.407. The van der Waals surface area contributed by atoms with Gasteiger partial charge in [-0.3, -0.25) is 0 Å². The zero-order valence-electron chi connectivity index (χ0n) is 37.5. The fraction of sp³-hybridized carbons (Fsp3) is 0.148. The van der Waals surface area contributed by atoms with E-state index in [0.717, 1.165) is 71.2 Å². The van der Waals surface area contributed by atoms with Crippen LogP contribution in [0.5, 0.6) is 0 Å². The lowest BCUT2D eigenvalue weighted by atomic mass is 9.87. The molecule has 1 aliphatic rings. The van der Waals surface area contributed by atoms with E-state index in [1.165, 1.54) is 27.8 Å². The Bertz CT molecular complexity index is 2710. The second kappa shape index (κ2) is 21.1. The van der Waals surface area contributed by atoms with Crippen LogP contribution in [0.1, 0.15) is 53.5 Å². The molecular weight excluding hydrogens is 775 g/mol. The number of benzene rings is 7. The average Bonchev–Trinajstić information content (AvgIpc) is 3.33. The van der Waals surface area contributed by atoms with Gasteiger partial charge in [-0.1, -0.05) is 152 Å². The van der Waals surface area contributed by atoms with Crippen LogP contribution in [0.4, 0.5) is 39.8 Å². The summed E-state index contributed by atoms with van der Waals surface area (Å²) in [5.41, 5.74) is 15.3. The van der Waals surface area contributed by atoms with Gasteiger partial charge in [-0.25, -0.2) is 0 Å². The van der Waals surface area contributed by atoms with E-state index in [1.54, 1.807) is 0 Å². The first kappa shape index (κ1) is 43.3. The van der Waals surface area contributed by atoms with Crippen molar-refractivity contribution in [1.29, 1.82) is 0 Å². The maximum atomic E-state index is 4.51. The molecule has 0 heterocycles. The number of hydrogen-bond acceptors (Lipinski definition) is 3. The van der Waals surface area contributed by atoms with E-state index in [-0.39, 0.29) is 6.04 Å². The van der Waals surface area contributed by atoms with Gasteiger partial charge < -0.3 is 14.7 Å². The van der Waals surface area contributed by atoms with Crippen molar-refractivity contribution < 1.29 is 0 Å². The molecule has 318 valence electrons. The average molecular weight is 834 g/mol. The number of rotatable bonds is 17. The van der Waals surface area contributed by atoms with Crippen LogP contribution < -0.4 is 14.7 Å². The van der Waals surface area contributed by atoms with Crippen LogP contribution in [0.25, 0.3) is 0 Å². The van der Waals surface area contributed by atoms with Crippen LogP contribution >= 0.6 is 0 Å². The standard InChI is InChI=1S/C61H59N3/c1-5-6-10-21-49(4)62(54-25-13-8-14-26-54)56-36-38-58(39-37-56)63(59-40-42-60(43-41-59)64(55-27-15-9-16-28-55)61-29-18-20-48(3)45-61)57-34-31-51(32-35-57)46-53(52-23-11-7-12-24-52)33-30-50-22-17-19-47(2)44-50/h5-25,27-29,31-32,34-45,53-54H,4,26,30,33,46H2,1-3H3/b6-5+,21-10-. The zero-order chi connectivity index (χ0) is 44.1. The van der Waals surface area contributed by atoms with Gasteiger partial charge >= 0.3 is 0 Å². The topological polar surface area (TPSA) is 9.72 Å². The predicted octanol–water partition coefficient (Wildman–Crippen LogP) is 16.5. The van der Waals surface area contributed by atoms with E-state index >= 15 is 0 Å².